The van der Waals surface area contributed by atoms with Crippen LogP contribution in [0.5, 0.6) is 0 Å². The number of carbonyl (C=O) groups is 3. The first-order valence-electron chi connectivity index (χ1n) is 13.2. The molecule has 14 heteroatoms. The fourth-order valence-corrected chi connectivity index (χ4v) is 5.34. The Morgan fingerprint density at radius 1 is 1.14 bits per heavy atom. The second-order valence-corrected chi connectivity index (χ2v) is 10.7. The number of nitrogens with zero attached hydrogens (tertiary/aromatic N) is 1. The highest BCUT2D eigenvalue weighted by Gasteiger charge is 2.34. The second kappa shape index (κ2) is 13.2. The van der Waals surface area contributed by atoms with Crippen molar-refractivity contribution in [1.82, 2.24) is 15.2 Å². The van der Waals surface area contributed by atoms with Crippen molar-refractivity contribution < 1.29 is 41.4 Å². The number of hydrogen-bond acceptors (Lipinski definition) is 5. The maximum absolute atomic E-state index is 13.9. The third-order valence-corrected chi connectivity index (χ3v) is 7.70. The van der Waals surface area contributed by atoms with Crippen LogP contribution in [0.25, 0.3) is 0 Å². The van der Waals surface area contributed by atoms with E-state index in [0.29, 0.717) is 25.0 Å². The summed E-state index contributed by atoms with van der Waals surface area (Å²) in [6.07, 6.45) is -0.959. The first kappa shape index (κ1) is 32.1. The molecule has 1 aromatic heterocycles. The van der Waals surface area contributed by atoms with Gasteiger partial charge in [0.15, 0.2) is 6.29 Å². The Morgan fingerprint density at radius 2 is 1.86 bits per heavy atom. The van der Waals surface area contributed by atoms with Crippen LogP contribution in [0, 0.1) is 17.6 Å². The van der Waals surface area contributed by atoms with Gasteiger partial charge < -0.3 is 25.6 Å². The van der Waals surface area contributed by atoms with E-state index in [2.05, 4.69) is 16.0 Å². The number of rotatable bonds is 7. The SMILES string of the molecule is CNC1CC(CCO)C1.O=Cc1cc(NC(=O)c2cc(F)cc(C(F)(F)F)c2)c2n1CC(=O)NC2c1cc(F)ccc1Cl. The molecule has 0 bridgehead atoms. The molecular formula is C29H28ClF5N4O4. The van der Waals surface area contributed by atoms with Crippen LogP contribution >= 0.6 is 11.6 Å². The van der Waals surface area contributed by atoms with Gasteiger partial charge in [-0.05, 0) is 74.7 Å². The maximum atomic E-state index is 13.9. The van der Waals surface area contributed by atoms with Crippen LogP contribution in [0.15, 0.2) is 42.5 Å². The summed E-state index contributed by atoms with van der Waals surface area (Å²) in [7, 11) is 2.00. The number of fused-ring (bicyclic) bond motifs is 1. The Labute approximate surface area is 248 Å². The van der Waals surface area contributed by atoms with E-state index in [-0.39, 0.29) is 40.3 Å². The van der Waals surface area contributed by atoms with Gasteiger partial charge in [0.1, 0.15) is 18.2 Å². The second-order valence-electron chi connectivity index (χ2n) is 10.3. The zero-order chi connectivity index (χ0) is 31.5. The van der Waals surface area contributed by atoms with E-state index in [1.165, 1.54) is 29.5 Å². The number of carbonyl (C=O) groups excluding carboxylic acids is 3. The van der Waals surface area contributed by atoms with Crippen LogP contribution in [0.1, 0.15) is 63.0 Å². The van der Waals surface area contributed by atoms with Crippen molar-refractivity contribution in [3.63, 3.8) is 0 Å². The van der Waals surface area contributed by atoms with Crippen molar-refractivity contribution >= 4 is 35.4 Å². The van der Waals surface area contributed by atoms with Crippen molar-refractivity contribution in [1.29, 1.82) is 0 Å². The minimum absolute atomic E-state index is 0.0344. The fourth-order valence-electron chi connectivity index (χ4n) is 5.12. The van der Waals surface area contributed by atoms with Gasteiger partial charge in [0.05, 0.1) is 28.7 Å². The number of amides is 2. The van der Waals surface area contributed by atoms with Crippen LogP contribution in [0.3, 0.4) is 0 Å². The van der Waals surface area contributed by atoms with Gasteiger partial charge in [-0.2, -0.15) is 13.2 Å². The largest absolute Gasteiger partial charge is 0.416 e. The average molecular weight is 627 g/mol. The number of benzene rings is 2. The Hall–Kier alpha value is -3.81. The first-order chi connectivity index (χ1) is 20.3. The fraction of sp³-hybridized carbons (Fsp3) is 0.345. The van der Waals surface area contributed by atoms with Crippen molar-refractivity contribution in [2.45, 2.75) is 44.1 Å². The smallest absolute Gasteiger partial charge is 0.396 e. The van der Waals surface area contributed by atoms with E-state index in [1.54, 1.807) is 0 Å². The number of aldehydes is 1. The number of aliphatic hydroxyl groups is 1. The normalized spacial score (nSPS) is 19.3. The minimum atomic E-state index is -4.89. The van der Waals surface area contributed by atoms with Crippen LogP contribution in [-0.2, 0) is 17.5 Å². The van der Waals surface area contributed by atoms with Gasteiger partial charge in [-0.3, -0.25) is 14.4 Å². The zero-order valence-electron chi connectivity index (χ0n) is 22.8. The number of anilines is 1. The van der Waals surface area contributed by atoms with Gasteiger partial charge >= 0.3 is 6.18 Å². The van der Waals surface area contributed by atoms with E-state index >= 15 is 0 Å². The molecular weight excluding hydrogens is 599 g/mol. The molecule has 2 amide bonds. The third-order valence-electron chi connectivity index (χ3n) is 7.36. The van der Waals surface area contributed by atoms with Crippen LogP contribution < -0.4 is 16.0 Å². The average Bonchev–Trinajstić information content (AvgIpc) is 3.27. The maximum Gasteiger partial charge on any atom is 0.416 e. The van der Waals surface area contributed by atoms with E-state index in [4.69, 9.17) is 16.7 Å². The first-order valence-corrected chi connectivity index (χ1v) is 13.6. The molecule has 2 aromatic carbocycles. The predicted octanol–water partition coefficient (Wildman–Crippen LogP) is 5.09. The summed E-state index contributed by atoms with van der Waals surface area (Å²) in [4.78, 5) is 36.6. The topological polar surface area (TPSA) is 112 Å². The lowest BCUT2D eigenvalue weighted by Gasteiger charge is -2.34. The van der Waals surface area contributed by atoms with E-state index in [1.807, 2.05) is 7.05 Å². The monoisotopic (exact) mass is 626 g/mol. The van der Waals surface area contributed by atoms with Gasteiger partial charge in [-0.15, -0.1) is 0 Å². The Morgan fingerprint density at radius 3 is 2.49 bits per heavy atom. The molecule has 2 aliphatic rings. The minimum Gasteiger partial charge on any atom is -0.396 e. The van der Waals surface area contributed by atoms with Gasteiger partial charge in [0, 0.05) is 28.8 Å². The molecule has 3 aromatic rings. The molecule has 43 heavy (non-hydrogen) atoms. The summed E-state index contributed by atoms with van der Waals surface area (Å²) in [6.45, 7) is 0.0437. The third kappa shape index (κ3) is 7.40. The lowest BCUT2D eigenvalue weighted by atomic mass is 9.78. The van der Waals surface area contributed by atoms with Gasteiger partial charge in [0.2, 0.25) is 5.91 Å². The summed E-state index contributed by atoms with van der Waals surface area (Å²) < 4.78 is 68.1. The van der Waals surface area contributed by atoms with Crippen molar-refractivity contribution in [3.05, 3.63) is 87.2 Å². The number of halogens is 6. The Kier molecular flexibility index (Phi) is 9.88. The molecule has 230 valence electrons. The predicted molar refractivity (Wildman–Crippen MR) is 148 cm³/mol. The van der Waals surface area contributed by atoms with Crippen LogP contribution in [-0.4, -0.2) is 47.5 Å². The summed E-state index contributed by atoms with van der Waals surface area (Å²) in [5.74, 6) is -2.78. The highest BCUT2D eigenvalue weighted by molar-refractivity contribution is 6.31. The number of alkyl halides is 3. The molecule has 1 fully saturated rings. The highest BCUT2D eigenvalue weighted by atomic mass is 35.5. The molecule has 2 heterocycles. The molecule has 8 nitrogen and oxygen atoms in total. The number of nitrogens with one attached hydrogen (secondary N) is 3. The van der Waals surface area contributed by atoms with E-state index < -0.39 is 46.8 Å². The summed E-state index contributed by atoms with van der Waals surface area (Å²) >= 11 is 6.18. The summed E-state index contributed by atoms with van der Waals surface area (Å²) in [6, 6.07) is 5.59. The van der Waals surface area contributed by atoms with Gasteiger partial charge in [-0.1, -0.05) is 11.6 Å². The highest BCUT2D eigenvalue weighted by Crippen LogP contribution is 2.38. The van der Waals surface area contributed by atoms with Crippen molar-refractivity contribution in [2.75, 3.05) is 19.0 Å². The van der Waals surface area contributed by atoms with Crippen molar-refractivity contribution in [3.8, 4) is 0 Å². The van der Waals surface area contributed by atoms with E-state index in [9.17, 15) is 36.3 Å². The van der Waals surface area contributed by atoms with Crippen molar-refractivity contribution in [2.24, 2.45) is 5.92 Å². The summed E-state index contributed by atoms with van der Waals surface area (Å²) in [5.41, 5.74) is -1.83. The molecule has 4 N–H and O–H groups in total. The number of hydrogen-bond donors (Lipinski definition) is 4. The zero-order valence-corrected chi connectivity index (χ0v) is 23.5. The Bertz CT molecular complexity index is 1520. The molecule has 1 aliphatic carbocycles. The molecule has 1 atom stereocenters. The Balaban J connectivity index is 0.000000403. The van der Waals surface area contributed by atoms with Gasteiger partial charge in [0.25, 0.3) is 5.91 Å². The molecule has 0 radical (unpaired) electrons. The summed E-state index contributed by atoms with van der Waals surface area (Å²) in [5, 5.41) is 16.8. The van der Waals surface area contributed by atoms with Gasteiger partial charge in [-0.25, -0.2) is 8.78 Å². The molecule has 5 rings (SSSR count). The molecule has 0 saturated heterocycles. The number of aliphatic hydroxyl groups excluding tert-OH is 1. The molecule has 1 saturated carbocycles. The van der Waals surface area contributed by atoms with E-state index in [0.717, 1.165) is 30.5 Å². The van der Waals surface area contributed by atoms with Crippen LogP contribution in [0.2, 0.25) is 5.02 Å². The number of aromatic nitrogens is 1. The van der Waals surface area contributed by atoms with Crippen LogP contribution in [0.4, 0.5) is 27.6 Å². The quantitative estimate of drug-likeness (QED) is 0.216. The molecule has 1 unspecified atom stereocenters. The lowest BCUT2D eigenvalue weighted by molar-refractivity contribution is -0.137. The lowest BCUT2D eigenvalue weighted by Crippen LogP contribution is -2.40. The molecule has 0 spiro atoms. The standard InChI is InChI=1S/C22H13ClF5N3O3.C7H15NO/c23-16-2-1-12(24)6-15(16)19-20-17(7-14(9-32)31(20)8-18(33)30-19)29-21(34)10-3-11(22(26,27)28)5-13(25)4-10;1-8-7-4-6(5-7)2-3-9/h1-7,9,19H,8H2,(H,29,34)(H,30,33);6-9H,2-5H2,1H3. The molecule has 1 aliphatic heterocycles.